The highest BCUT2D eigenvalue weighted by Crippen LogP contribution is 2.30. The van der Waals surface area contributed by atoms with Gasteiger partial charge in [-0.25, -0.2) is 8.42 Å². The molecule has 2 amide bonds. The molecule has 0 unspecified atom stereocenters. The Balaban J connectivity index is 1.99. The molecular weight excluding hydrogens is 522 g/mol. The zero-order valence-electron chi connectivity index (χ0n) is 22.1. The first-order chi connectivity index (χ1) is 18.0. The molecule has 9 heteroatoms. The van der Waals surface area contributed by atoms with Crippen molar-refractivity contribution in [1.29, 1.82) is 0 Å². The van der Waals surface area contributed by atoms with E-state index in [1.165, 1.54) is 17.0 Å². The average Bonchev–Trinajstić information content (AvgIpc) is 2.88. The maximum absolute atomic E-state index is 13.8. The zero-order valence-corrected chi connectivity index (χ0v) is 23.7. The third-order valence-corrected chi connectivity index (χ3v) is 8.18. The lowest BCUT2D eigenvalue weighted by Crippen LogP contribution is -2.53. The van der Waals surface area contributed by atoms with Gasteiger partial charge < -0.3 is 10.2 Å². The van der Waals surface area contributed by atoms with E-state index in [0.717, 1.165) is 15.4 Å². The van der Waals surface area contributed by atoms with Crippen LogP contribution in [0.3, 0.4) is 0 Å². The first-order valence-corrected chi connectivity index (χ1v) is 14.3. The number of hydrogen-bond acceptors (Lipinski definition) is 4. The van der Waals surface area contributed by atoms with Gasteiger partial charge in [-0.1, -0.05) is 71.8 Å². The van der Waals surface area contributed by atoms with Crippen molar-refractivity contribution in [1.82, 2.24) is 10.2 Å². The van der Waals surface area contributed by atoms with Crippen molar-refractivity contribution in [2.45, 2.75) is 51.1 Å². The summed E-state index contributed by atoms with van der Waals surface area (Å²) in [6.07, 6.45) is 0.503. The lowest BCUT2D eigenvalue weighted by atomic mass is 10.1. The van der Waals surface area contributed by atoms with E-state index in [2.05, 4.69) is 5.32 Å². The molecule has 1 atom stereocenters. The van der Waals surface area contributed by atoms with Gasteiger partial charge in [-0.15, -0.1) is 0 Å². The number of nitrogens with one attached hydrogen (secondary N) is 1. The minimum atomic E-state index is -4.15. The van der Waals surface area contributed by atoms with E-state index in [-0.39, 0.29) is 34.1 Å². The number of aryl methyl sites for hydroxylation is 1. The molecule has 7 nitrogen and oxygen atoms in total. The van der Waals surface area contributed by atoms with Crippen LogP contribution in [0.15, 0.2) is 83.8 Å². The van der Waals surface area contributed by atoms with Crippen LogP contribution in [-0.2, 0) is 26.0 Å². The summed E-state index contributed by atoms with van der Waals surface area (Å²) in [5.74, 6) is -0.824. The third kappa shape index (κ3) is 7.36. The largest absolute Gasteiger partial charge is 0.352 e. The zero-order chi connectivity index (χ0) is 27.9. The van der Waals surface area contributed by atoms with E-state index in [4.69, 9.17) is 11.6 Å². The topological polar surface area (TPSA) is 86.8 Å². The molecule has 0 aliphatic heterocycles. The maximum atomic E-state index is 13.8. The minimum Gasteiger partial charge on any atom is -0.352 e. The van der Waals surface area contributed by atoms with E-state index >= 15 is 0 Å². The van der Waals surface area contributed by atoms with Gasteiger partial charge in [-0.05, 0) is 63.9 Å². The first-order valence-electron chi connectivity index (χ1n) is 12.5. The second kappa shape index (κ2) is 12.9. The minimum absolute atomic E-state index is 0.0391. The van der Waals surface area contributed by atoms with E-state index in [9.17, 15) is 18.0 Å². The molecule has 3 rings (SSSR count). The number of para-hydroxylation sites is 1. The fourth-order valence-electron chi connectivity index (χ4n) is 3.98. The Morgan fingerprint density at radius 1 is 0.895 bits per heavy atom. The molecule has 0 bridgehead atoms. The molecule has 1 N–H and O–H groups in total. The van der Waals surface area contributed by atoms with Crippen LogP contribution in [-0.4, -0.2) is 50.3 Å². The normalized spacial score (nSPS) is 12.2. The SMILES string of the molecule is Cc1ccc(S(=O)(=O)N(CC(=O)N(CCc2ccccc2)[C@H](C)C(=O)NC(C)C)c2ccccc2Cl)cc1. The van der Waals surface area contributed by atoms with Gasteiger partial charge in [-0.3, -0.25) is 13.9 Å². The summed E-state index contributed by atoms with van der Waals surface area (Å²) < 4.78 is 28.6. The number of carbonyl (C=O) groups excluding carboxylic acids is 2. The molecule has 0 heterocycles. The highest BCUT2D eigenvalue weighted by atomic mass is 35.5. The van der Waals surface area contributed by atoms with Crippen LogP contribution in [0.5, 0.6) is 0 Å². The molecular formula is C29H34ClN3O4S. The van der Waals surface area contributed by atoms with Gasteiger partial charge >= 0.3 is 0 Å². The standard InChI is InChI=1S/C29H34ClN3O4S/c1-21(2)31-29(35)23(4)32(19-18-24-10-6-5-7-11-24)28(34)20-33(27-13-9-8-12-26(27)30)38(36,37)25-16-14-22(3)15-17-25/h5-17,21,23H,18-20H2,1-4H3,(H,31,35)/t23-/m1/s1. The number of amides is 2. The van der Waals surface area contributed by atoms with Gasteiger partial charge in [0, 0.05) is 12.6 Å². The fourth-order valence-corrected chi connectivity index (χ4v) is 5.70. The molecule has 0 saturated carbocycles. The Bertz CT molecular complexity index is 1350. The smallest absolute Gasteiger partial charge is 0.264 e. The third-order valence-electron chi connectivity index (χ3n) is 6.09. The van der Waals surface area contributed by atoms with Gasteiger partial charge in [0.15, 0.2) is 0 Å². The molecule has 0 aliphatic rings. The molecule has 0 fully saturated rings. The molecule has 38 heavy (non-hydrogen) atoms. The lowest BCUT2D eigenvalue weighted by molar-refractivity contribution is -0.139. The number of hydrogen-bond donors (Lipinski definition) is 1. The lowest BCUT2D eigenvalue weighted by Gasteiger charge is -2.32. The van der Waals surface area contributed by atoms with Gasteiger partial charge in [0.05, 0.1) is 15.6 Å². The molecule has 0 saturated heterocycles. The maximum Gasteiger partial charge on any atom is 0.264 e. The van der Waals surface area contributed by atoms with Gasteiger partial charge in [-0.2, -0.15) is 0 Å². The van der Waals surface area contributed by atoms with Crippen molar-refractivity contribution >= 4 is 39.1 Å². The molecule has 202 valence electrons. The number of benzene rings is 3. The quantitative estimate of drug-likeness (QED) is 0.367. The number of halogens is 1. The first kappa shape index (κ1) is 29.2. The van der Waals surface area contributed by atoms with Crippen molar-refractivity contribution in [2.24, 2.45) is 0 Å². The summed E-state index contributed by atoms with van der Waals surface area (Å²) in [4.78, 5) is 28.2. The van der Waals surface area contributed by atoms with Crippen LogP contribution >= 0.6 is 11.6 Å². The Morgan fingerprint density at radius 3 is 2.11 bits per heavy atom. The van der Waals surface area contributed by atoms with Crippen molar-refractivity contribution in [3.63, 3.8) is 0 Å². The van der Waals surface area contributed by atoms with Crippen LogP contribution in [0, 0.1) is 6.92 Å². The number of nitrogens with zero attached hydrogens (tertiary/aromatic N) is 2. The van der Waals surface area contributed by atoms with Crippen molar-refractivity contribution in [3.8, 4) is 0 Å². The summed E-state index contributed by atoms with van der Waals surface area (Å²) in [7, 11) is -4.15. The summed E-state index contributed by atoms with van der Waals surface area (Å²) in [6.45, 7) is 6.90. The van der Waals surface area contributed by atoms with E-state index in [0.29, 0.717) is 6.42 Å². The second-order valence-corrected chi connectivity index (χ2v) is 11.7. The van der Waals surface area contributed by atoms with E-state index in [1.54, 1.807) is 43.3 Å². The Hall–Kier alpha value is -3.36. The van der Waals surface area contributed by atoms with Crippen LogP contribution in [0.4, 0.5) is 5.69 Å². The van der Waals surface area contributed by atoms with E-state index in [1.807, 2.05) is 51.1 Å². The van der Waals surface area contributed by atoms with E-state index < -0.39 is 28.5 Å². The van der Waals surface area contributed by atoms with Crippen LogP contribution in [0.25, 0.3) is 0 Å². The summed E-state index contributed by atoms with van der Waals surface area (Å²) in [5, 5.41) is 3.04. The van der Waals surface area contributed by atoms with Crippen LogP contribution < -0.4 is 9.62 Å². The van der Waals surface area contributed by atoms with Gasteiger partial charge in [0.2, 0.25) is 11.8 Å². The Kier molecular flexibility index (Phi) is 9.94. The van der Waals surface area contributed by atoms with Crippen LogP contribution in [0.2, 0.25) is 5.02 Å². The van der Waals surface area contributed by atoms with Crippen molar-refractivity contribution < 1.29 is 18.0 Å². The number of anilines is 1. The Labute approximate surface area is 230 Å². The van der Waals surface area contributed by atoms with Gasteiger partial charge in [0.25, 0.3) is 10.0 Å². The number of carbonyl (C=O) groups is 2. The number of rotatable bonds is 11. The Morgan fingerprint density at radius 2 is 1.50 bits per heavy atom. The highest BCUT2D eigenvalue weighted by molar-refractivity contribution is 7.92. The predicted octanol–water partition coefficient (Wildman–Crippen LogP) is 4.83. The second-order valence-electron chi connectivity index (χ2n) is 9.44. The van der Waals surface area contributed by atoms with Crippen molar-refractivity contribution in [3.05, 3.63) is 95.0 Å². The molecule has 0 aromatic heterocycles. The summed E-state index contributed by atoms with van der Waals surface area (Å²) in [5.41, 5.74) is 2.09. The van der Waals surface area contributed by atoms with Crippen LogP contribution in [0.1, 0.15) is 31.9 Å². The van der Waals surface area contributed by atoms with Gasteiger partial charge in [0.1, 0.15) is 12.6 Å². The molecule has 3 aromatic rings. The molecule has 3 aromatic carbocycles. The summed E-state index contributed by atoms with van der Waals surface area (Å²) >= 11 is 6.42. The monoisotopic (exact) mass is 555 g/mol. The van der Waals surface area contributed by atoms with Crippen molar-refractivity contribution in [2.75, 3.05) is 17.4 Å². The molecule has 0 aliphatic carbocycles. The predicted molar refractivity (Wildman–Crippen MR) is 152 cm³/mol. The molecule has 0 radical (unpaired) electrons. The molecule has 0 spiro atoms. The number of sulfonamides is 1. The average molecular weight is 556 g/mol. The fraction of sp³-hybridized carbons (Fsp3) is 0.310. The summed E-state index contributed by atoms with van der Waals surface area (Å²) in [6, 6.07) is 21.6. The highest BCUT2D eigenvalue weighted by Gasteiger charge is 2.33.